The molecule has 0 saturated heterocycles. The third-order valence-electron chi connectivity index (χ3n) is 4.35. The monoisotopic (exact) mass is 574 g/mol. The molecule has 1 aliphatic rings. The molecule has 0 bridgehead atoms. The maximum atomic E-state index is 14.5. The van der Waals surface area contributed by atoms with Crippen molar-refractivity contribution < 1.29 is 96.6 Å². The van der Waals surface area contributed by atoms with Gasteiger partial charge in [0.15, 0.2) is 5.83 Å². The van der Waals surface area contributed by atoms with Gasteiger partial charge < -0.3 is 0 Å². The van der Waals surface area contributed by atoms with E-state index in [0.29, 0.717) is 0 Å². The van der Waals surface area contributed by atoms with Crippen LogP contribution in [0.25, 0.3) is 0 Å². The van der Waals surface area contributed by atoms with Crippen molar-refractivity contribution in [3.8, 4) is 0 Å². The van der Waals surface area contributed by atoms with Crippen molar-refractivity contribution in [2.24, 2.45) is 0 Å². The lowest BCUT2D eigenvalue weighted by molar-refractivity contribution is -0.404. The van der Waals surface area contributed by atoms with E-state index < -0.39 is 76.6 Å². The van der Waals surface area contributed by atoms with Crippen LogP contribution in [0, 0.1) is 0 Å². The fourth-order valence-electron chi connectivity index (χ4n) is 2.52. The molecular formula is C13F22. The van der Waals surface area contributed by atoms with Crippen molar-refractivity contribution >= 4 is 0 Å². The molecular weight excluding hydrogens is 574 g/mol. The van der Waals surface area contributed by atoms with Crippen LogP contribution in [0.4, 0.5) is 96.6 Å². The van der Waals surface area contributed by atoms with E-state index >= 15 is 0 Å². The highest BCUT2D eigenvalue weighted by atomic mass is 19.4. The number of allylic oxidation sites excluding steroid dienone is 3. The van der Waals surface area contributed by atoms with Crippen LogP contribution in [-0.4, -0.2) is 53.6 Å². The second-order valence-electron chi connectivity index (χ2n) is 6.42. The van der Waals surface area contributed by atoms with Gasteiger partial charge in [-0.15, -0.1) is 0 Å². The van der Waals surface area contributed by atoms with Gasteiger partial charge in [-0.1, -0.05) is 0 Å². The van der Waals surface area contributed by atoms with E-state index in [1.165, 1.54) is 0 Å². The van der Waals surface area contributed by atoms with Gasteiger partial charge in [0.05, 0.1) is 5.57 Å². The van der Waals surface area contributed by atoms with Gasteiger partial charge in [-0.25, -0.2) is 8.78 Å². The van der Waals surface area contributed by atoms with Crippen molar-refractivity contribution in [3.63, 3.8) is 0 Å². The molecule has 0 amide bonds. The van der Waals surface area contributed by atoms with Crippen molar-refractivity contribution in [1.82, 2.24) is 0 Å². The summed E-state index contributed by atoms with van der Waals surface area (Å²) in [6.07, 6.45) is -22.0. The summed E-state index contributed by atoms with van der Waals surface area (Å²) in [5, 5.41) is 0. The lowest BCUT2D eigenvalue weighted by Gasteiger charge is -2.41. The molecule has 1 rings (SSSR count). The third-order valence-corrected chi connectivity index (χ3v) is 4.35. The van der Waals surface area contributed by atoms with Gasteiger partial charge in [0, 0.05) is 0 Å². The zero-order valence-electron chi connectivity index (χ0n) is 14.8. The number of hydrogen-bond acceptors (Lipinski definition) is 0. The molecule has 0 aromatic carbocycles. The molecule has 0 radical (unpaired) electrons. The minimum absolute atomic E-state index is 5.26. The lowest BCUT2D eigenvalue weighted by Crippen LogP contribution is -2.69. The maximum absolute atomic E-state index is 14.5. The second kappa shape index (κ2) is 7.48. The molecule has 0 nitrogen and oxygen atoms in total. The molecule has 0 saturated carbocycles. The Kier molecular flexibility index (Phi) is 6.62. The minimum Gasteiger partial charge on any atom is -0.221 e. The van der Waals surface area contributed by atoms with E-state index in [9.17, 15) is 96.6 Å². The Hall–Kier alpha value is -2.06. The molecule has 0 spiro atoms. The quantitative estimate of drug-likeness (QED) is 0.300. The van der Waals surface area contributed by atoms with Gasteiger partial charge in [-0.3, -0.25) is 0 Å². The first kappa shape index (κ1) is 31.0. The summed E-state index contributed by atoms with van der Waals surface area (Å²) in [7, 11) is 0. The minimum atomic E-state index is -8.97. The van der Waals surface area contributed by atoms with Crippen LogP contribution in [0.15, 0.2) is 23.1 Å². The third kappa shape index (κ3) is 3.46. The van der Waals surface area contributed by atoms with Crippen LogP contribution in [0.3, 0.4) is 0 Å². The summed E-state index contributed by atoms with van der Waals surface area (Å²) in [5.41, 5.74) is -20.0. The van der Waals surface area contributed by atoms with E-state index in [2.05, 4.69) is 0 Å². The summed E-state index contributed by atoms with van der Waals surface area (Å²) in [6.45, 7) is 0. The molecule has 35 heavy (non-hydrogen) atoms. The highest BCUT2D eigenvalue weighted by Crippen LogP contribution is 2.68. The van der Waals surface area contributed by atoms with E-state index in [1.54, 1.807) is 0 Å². The molecule has 0 aromatic heterocycles. The van der Waals surface area contributed by atoms with E-state index in [-0.39, 0.29) is 0 Å². The van der Waals surface area contributed by atoms with E-state index in [4.69, 9.17) is 0 Å². The molecule has 0 fully saturated rings. The Labute approximate surface area is 174 Å². The van der Waals surface area contributed by atoms with Gasteiger partial charge in [-0.2, -0.15) is 87.8 Å². The van der Waals surface area contributed by atoms with Crippen molar-refractivity contribution in [2.45, 2.75) is 53.6 Å². The van der Waals surface area contributed by atoms with Crippen molar-refractivity contribution in [1.29, 1.82) is 0 Å². The molecule has 206 valence electrons. The topological polar surface area (TPSA) is 0 Å². The average Bonchev–Trinajstić information content (AvgIpc) is 2.62. The highest BCUT2D eigenvalue weighted by molar-refractivity contribution is 5.54. The predicted molar refractivity (Wildman–Crippen MR) is 63.0 cm³/mol. The van der Waals surface area contributed by atoms with Crippen molar-refractivity contribution in [3.05, 3.63) is 23.1 Å². The zero-order valence-corrected chi connectivity index (χ0v) is 14.8. The highest BCUT2D eigenvalue weighted by Gasteiger charge is 2.92. The number of hydrogen-bond donors (Lipinski definition) is 0. The standard InChI is InChI=1S/C13F22/c14-3-1(5(17,12(30,31)32)8(22,23)11(28,29)13(33,34)35)2(4(15)16)6(18,19)9(24,25)10(26,27)7(3,20)21. The molecule has 1 aliphatic carbocycles. The van der Waals surface area contributed by atoms with Crippen LogP contribution in [-0.2, 0) is 0 Å². The smallest absolute Gasteiger partial charge is 0.221 e. The van der Waals surface area contributed by atoms with Gasteiger partial charge in [0.1, 0.15) is 5.57 Å². The Morgan fingerprint density at radius 3 is 1.14 bits per heavy atom. The first-order chi connectivity index (χ1) is 14.8. The lowest BCUT2D eigenvalue weighted by atomic mass is 9.78. The largest absolute Gasteiger partial charge is 0.460 e. The fraction of sp³-hybridized carbons (Fsp3) is 0.692. The molecule has 1 unspecified atom stereocenters. The zero-order chi connectivity index (χ0) is 28.8. The van der Waals surface area contributed by atoms with Gasteiger partial charge in [0.25, 0.3) is 6.08 Å². The van der Waals surface area contributed by atoms with Gasteiger partial charge in [-0.05, 0) is 0 Å². The van der Waals surface area contributed by atoms with E-state index in [0.717, 1.165) is 0 Å². The normalized spacial score (nSPS) is 24.7. The van der Waals surface area contributed by atoms with Crippen molar-refractivity contribution in [2.75, 3.05) is 0 Å². The molecule has 0 N–H and O–H groups in total. The van der Waals surface area contributed by atoms with Gasteiger partial charge >= 0.3 is 53.6 Å². The van der Waals surface area contributed by atoms with Crippen LogP contribution < -0.4 is 0 Å². The SMILES string of the molecule is FC(F)=C1C(C(F)(C(F)(F)F)C(F)(F)C(F)(F)C(F)(F)F)=C(F)C(F)(F)C(F)(F)C(F)(F)C1(F)F. The summed E-state index contributed by atoms with van der Waals surface area (Å²) < 4.78 is 292. The first-order valence-electron chi connectivity index (χ1n) is 7.41. The molecule has 0 aromatic rings. The second-order valence-corrected chi connectivity index (χ2v) is 6.42. The summed E-state index contributed by atoms with van der Waals surface area (Å²) in [4.78, 5) is 0. The number of halogens is 22. The summed E-state index contributed by atoms with van der Waals surface area (Å²) in [5.74, 6) is -56.0. The predicted octanol–water partition coefficient (Wildman–Crippen LogP) is 8.02. The molecule has 0 heterocycles. The Morgan fingerprint density at radius 2 is 0.857 bits per heavy atom. The van der Waals surface area contributed by atoms with Crippen LogP contribution in [0.2, 0.25) is 0 Å². The first-order valence-corrected chi connectivity index (χ1v) is 7.41. The maximum Gasteiger partial charge on any atom is 0.460 e. The summed E-state index contributed by atoms with van der Waals surface area (Å²) >= 11 is 0. The summed E-state index contributed by atoms with van der Waals surface area (Å²) in [6, 6.07) is 0. The Balaban J connectivity index is 4.63. The number of rotatable bonds is 3. The molecule has 1 atom stereocenters. The Bertz CT molecular complexity index is 920. The number of alkyl halides is 19. The van der Waals surface area contributed by atoms with Crippen LogP contribution in [0.1, 0.15) is 0 Å². The van der Waals surface area contributed by atoms with E-state index in [1.807, 2.05) is 0 Å². The molecule has 0 aliphatic heterocycles. The Morgan fingerprint density at radius 1 is 0.514 bits per heavy atom. The fourth-order valence-corrected chi connectivity index (χ4v) is 2.52. The van der Waals surface area contributed by atoms with Crippen LogP contribution in [0.5, 0.6) is 0 Å². The average molecular weight is 574 g/mol. The molecule has 22 heteroatoms. The van der Waals surface area contributed by atoms with Gasteiger partial charge in [0.2, 0.25) is 0 Å². The van der Waals surface area contributed by atoms with Crippen LogP contribution >= 0.6 is 0 Å².